The molecule has 3 rings (SSSR count). The van der Waals surface area contributed by atoms with Gasteiger partial charge in [0.1, 0.15) is 5.75 Å². The first-order valence-electron chi connectivity index (χ1n) is 7.52. The molecular formula is C18H21N3O. The molecule has 0 aliphatic carbocycles. The van der Waals surface area contributed by atoms with Crippen molar-refractivity contribution in [1.82, 2.24) is 9.97 Å². The molecule has 0 amide bonds. The summed E-state index contributed by atoms with van der Waals surface area (Å²) in [5, 5.41) is 0. The van der Waals surface area contributed by atoms with E-state index in [1.165, 1.54) is 11.1 Å². The maximum atomic E-state index is 5.50. The Bertz CT molecular complexity index is 773. The van der Waals surface area contributed by atoms with Crippen molar-refractivity contribution in [2.24, 2.45) is 4.99 Å². The van der Waals surface area contributed by atoms with Crippen molar-refractivity contribution < 1.29 is 4.74 Å². The fourth-order valence-corrected chi connectivity index (χ4v) is 2.93. The number of nitrogens with zero attached hydrogens (tertiary/aromatic N) is 1. The second kappa shape index (κ2) is 5.72. The maximum Gasteiger partial charge on any atom is 0.144 e. The van der Waals surface area contributed by atoms with E-state index in [9.17, 15) is 0 Å². The Morgan fingerprint density at radius 2 is 2.09 bits per heavy atom. The van der Waals surface area contributed by atoms with Gasteiger partial charge in [0.2, 0.25) is 0 Å². The van der Waals surface area contributed by atoms with Gasteiger partial charge in [-0.15, -0.1) is 0 Å². The van der Waals surface area contributed by atoms with Crippen molar-refractivity contribution >= 4 is 11.8 Å². The van der Waals surface area contributed by atoms with Crippen LogP contribution in [0.5, 0.6) is 5.75 Å². The van der Waals surface area contributed by atoms with Crippen molar-refractivity contribution in [3.8, 4) is 17.1 Å². The normalized spacial score (nSPS) is 16.5. The number of methoxy groups -OCH3 is 1. The Balaban J connectivity index is 2.03. The zero-order chi connectivity index (χ0) is 15.7. The molecule has 0 bridgehead atoms. The highest BCUT2D eigenvalue weighted by Gasteiger charge is 2.17. The summed E-state index contributed by atoms with van der Waals surface area (Å²) in [7, 11) is 1.69. The smallest absolute Gasteiger partial charge is 0.144 e. The third-order valence-electron chi connectivity index (χ3n) is 4.11. The number of hydrogen-bond acceptors (Lipinski definition) is 2. The van der Waals surface area contributed by atoms with Crippen molar-refractivity contribution in [2.75, 3.05) is 7.11 Å². The zero-order valence-electron chi connectivity index (χ0n) is 13.4. The molecular weight excluding hydrogens is 274 g/mol. The summed E-state index contributed by atoms with van der Waals surface area (Å²) in [6.45, 7) is 6.37. The highest BCUT2D eigenvalue weighted by molar-refractivity contribution is 6.03. The minimum Gasteiger partial charge on any atom is -0.494 e. The molecule has 0 saturated heterocycles. The fraction of sp³-hybridized carbons (Fsp3) is 0.278. The van der Waals surface area contributed by atoms with E-state index < -0.39 is 0 Å². The van der Waals surface area contributed by atoms with Crippen LogP contribution < -0.4 is 4.74 Å². The largest absolute Gasteiger partial charge is 0.494 e. The lowest BCUT2D eigenvalue weighted by Crippen LogP contribution is -1.91. The lowest BCUT2D eigenvalue weighted by Gasteiger charge is -2.01. The quantitative estimate of drug-likeness (QED) is 0.853. The van der Waals surface area contributed by atoms with Crippen LogP contribution in [0.3, 0.4) is 0 Å². The number of aliphatic imine (C=N–C) groups is 1. The van der Waals surface area contributed by atoms with Crippen LogP contribution in [-0.4, -0.2) is 22.8 Å². The van der Waals surface area contributed by atoms with Gasteiger partial charge < -0.3 is 14.7 Å². The average Bonchev–Trinajstić information content (AvgIpc) is 3.20. The Morgan fingerprint density at radius 1 is 1.27 bits per heavy atom. The monoisotopic (exact) mass is 295 g/mol. The standard InChI is InChI=1S/C18H21N3O/c1-5-13-11(2)15(20-12(13)3)9-17-18(22-4)10-16(21-17)14-7-6-8-19-14/h6-10,19,21H,5H2,1-4H3/b15-9-. The van der Waals surface area contributed by atoms with Crippen LogP contribution in [0.15, 0.2) is 46.2 Å². The number of nitrogens with one attached hydrogen (secondary N) is 2. The molecule has 0 unspecified atom stereocenters. The number of aromatic nitrogens is 2. The van der Waals surface area contributed by atoms with Crippen LogP contribution in [0.2, 0.25) is 0 Å². The molecule has 0 fully saturated rings. The first-order chi connectivity index (χ1) is 10.6. The molecule has 114 valence electrons. The van der Waals surface area contributed by atoms with Crippen molar-refractivity contribution in [3.05, 3.63) is 46.9 Å². The van der Waals surface area contributed by atoms with Gasteiger partial charge in [0.05, 0.1) is 29.9 Å². The summed E-state index contributed by atoms with van der Waals surface area (Å²) in [5.41, 5.74) is 7.68. The van der Waals surface area contributed by atoms with E-state index >= 15 is 0 Å². The molecule has 2 N–H and O–H groups in total. The van der Waals surface area contributed by atoms with Crippen LogP contribution in [0.4, 0.5) is 0 Å². The van der Waals surface area contributed by atoms with E-state index in [2.05, 4.69) is 41.8 Å². The predicted octanol–water partition coefficient (Wildman–Crippen LogP) is 4.56. The number of ether oxygens (including phenoxy) is 1. The van der Waals surface area contributed by atoms with Crippen LogP contribution in [0, 0.1) is 0 Å². The van der Waals surface area contributed by atoms with E-state index in [0.717, 1.165) is 40.7 Å². The molecule has 22 heavy (non-hydrogen) atoms. The van der Waals surface area contributed by atoms with Crippen LogP contribution in [0.25, 0.3) is 17.5 Å². The number of aromatic amines is 2. The molecule has 1 aliphatic heterocycles. The molecule has 0 atom stereocenters. The summed E-state index contributed by atoms with van der Waals surface area (Å²) >= 11 is 0. The Labute approximate surface area is 130 Å². The highest BCUT2D eigenvalue weighted by Crippen LogP contribution is 2.32. The summed E-state index contributed by atoms with van der Waals surface area (Å²) in [4.78, 5) is 11.3. The number of H-pyrrole nitrogens is 2. The van der Waals surface area contributed by atoms with Gasteiger partial charge in [-0.1, -0.05) is 6.92 Å². The minimum atomic E-state index is 0.822. The average molecular weight is 295 g/mol. The summed E-state index contributed by atoms with van der Waals surface area (Å²) in [6, 6.07) is 6.01. The minimum absolute atomic E-state index is 0.822. The lowest BCUT2D eigenvalue weighted by molar-refractivity contribution is 0.414. The molecule has 0 spiro atoms. The van der Waals surface area contributed by atoms with Gasteiger partial charge in [0, 0.05) is 18.0 Å². The summed E-state index contributed by atoms with van der Waals surface area (Å²) in [6.07, 6.45) is 4.98. The van der Waals surface area contributed by atoms with Gasteiger partial charge in [0.25, 0.3) is 0 Å². The highest BCUT2D eigenvalue weighted by atomic mass is 16.5. The topological polar surface area (TPSA) is 53.2 Å². The van der Waals surface area contributed by atoms with E-state index in [0.29, 0.717) is 0 Å². The first-order valence-corrected chi connectivity index (χ1v) is 7.52. The van der Waals surface area contributed by atoms with Crippen LogP contribution in [0.1, 0.15) is 32.9 Å². The van der Waals surface area contributed by atoms with E-state index in [1.54, 1.807) is 7.11 Å². The van der Waals surface area contributed by atoms with E-state index in [1.807, 2.05) is 24.4 Å². The maximum absolute atomic E-state index is 5.50. The third kappa shape index (κ3) is 2.41. The first kappa shape index (κ1) is 14.4. The Hall–Kier alpha value is -2.49. The van der Waals surface area contributed by atoms with Gasteiger partial charge in [0.15, 0.2) is 0 Å². The van der Waals surface area contributed by atoms with Crippen molar-refractivity contribution in [3.63, 3.8) is 0 Å². The second-order valence-corrected chi connectivity index (χ2v) is 5.43. The Morgan fingerprint density at radius 3 is 2.68 bits per heavy atom. The van der Waals surface area contributed by atoms with E-state index in [-0.39, 0.29) is 0 Å². The third-order valence-corrected chi connectivity index (χ3v) is 4.11. The summed E-state index contributed by atoms with van der Waals surface area (Å²) in [5.74, 6) is 0.822. The van der Waals surface area contributed by atoms with Gasteiger partial charge >= 0.3 is 0 Å². The number of rotatable bonds is 4. The fourth-order valence-electron chi connectivity index (χ4n) is 2.93. The van der Waals surface area contributed by atoms with Gasteiger partial charge in [-0.3, -0.25) is 4.99 Å². The van der Waals surface area contributed by atoms with Gasteiger partial charge in [-0.05, 0) is 49.6 Å². The molecule has 1 aliphatic rings. The molecule has 0 aromatic carbocycles. The van der Waals surface area contributed by atoms with E-state index in [4.69, 9.17) is 4.74 Å². The lowest BCUT2D eigenvalue weighted by atomic mass is 10.0. The zero-order valence-corrected chi connectivity index (χ0v) is 13.4. The number of hydrogen-bond donors (Lipinski definition) is 2. The second-order valence-electron chi connectivity index (χ2n) is 5.43. The molecule has 3 heterocycles. The molecule has 0 radical (unpaired) electrons. The predicted molar refractivity (Wildman–Crippen MR) is 91.2 cm³/mol. The SMILES string of the molecule is CCC1=C(C)/C(=C/c2[nH]c(-c3ccc[nH]3)cc2OC)N=C1C. The van der Waals surface area contributed by atoms with Crippen LogP contribution in [-0.2, 0) is 0 Å². The Kier molecular flexibility index (Phi) is 3.75. The van der Waals surface area contributed by atoms with Gasteiger partial charge in [-0.25, -0.2) is 0 Å². The summed E-state index contributed by atoms with van der Waals surface area (Å²) < 4.78 is 5.50. The number of allylic oxidation sites excluding steroid dienone is 2. The molecule has 0 saturated carbocycles. The van der Waals surface area contributed by atoms with Gasteiger partial charge in [-0.2, -0.15) is 0 Å². The molecule has 4 heteroatoms. The molecule has 4 nitrogen and oxygen atoms in total. The van der Waals surface area contributed by atoms with Crippen LogP contribution >= 0.6 is 0 Å². The molecule has 2 aromatic heterocycles. The van der Waals surface area contributed by atoms with Crippen molar-refractivity contribution in [1.29, 1.82) is 0 Å². The van der Waals surface area contributed by atoms with Crippen molar-refractivity contribution in [2.45, 2.75) is 27.2 Å². The molecule has 2 aromatic rings.